The highest BCUT2D eigenvalue weighted by molar-refractivity contribution is 7.15. The lowest BCUT2D eigenvalue weighted by Crippen LogP contribution is -2.07. The van der Waals surface area contributed by atoms with Gasteiger partial charge in [0.2, 0.25) is 0 Å². The van der Waals surface area contributed by atoms with Crippen LogP contribution in [0, 0.1) is 0 Å². The van der Waals surface area contributed by atoms with Crippen LogP contribution in [0.25, 0.3) is 10.6 Å². The van der Waals surface area contributed by atoms with E-state index in [1.807, 2.05) is 7.05 Å². The smallest absolute Gasteiger partial charge is 0.320 e. The minimum absolute atomic E-state index is 0.518. The molecule has 1 aromatic heterocycles. The van der Waals surface area contributed by atoms with Crippen LogP contribution in [-0.4, -0.2) is 18.6 Å². The van der Waals surface area contributed by atoms with E-state index in [0.717, 1.165) is 36.4 Å². The molecule has 0 saturated carbocycles. The Morgan fingerprint density at radius 3 is 2.80 bits per heavy atom. The van der Waals surface area contributed by atoms with Crippen molar-refractivity contribution in [3.05, 3.63) is 40.9 Å². The van der Waals surface area contributed by atoms with Crippen LogP contribution in [0.5, 0.6) is 0 Å². The number of aromatic nitrogens is 1. The summed E-state index contributed by atoms with van der Waals surface area (Å²) in [6, 6.07) is 5.30. The maximum atomic E-state index is 12.7. The monoisotopic (exact) mass is 300 g/mol. The van der Waals surface area contributed by atoms with Crippen molar-refractivity contribution in [2.24, 2.45) is 0 Å². The van der Waals surface area contributed by atoms with Gasteiger partial charge in [0, 0.05) is 16.6 Å². The number of hydrogen-bond acceptors (Lipinski definition) is 3. The van der Waals surface area contributed by atoms with Crippen LogP contribution in [0.4, 0.5) is 13.2 Å². The molecule has 2 aromatic rings. The van der Waals surface area contributed by atoms with Gasteiger partial charge >= 0.3 is 6.18 Å². The van der Waals surface area contributed by atoms with Crippen molar-refractivity contribution in [2.75, 3.05) is 13.6 Å². The first-order valence-electron chi connectivity index (χ1n) is 6.27. The Kier molecular flexibility index (Phi) is 4.77. The van der Waals surface area contributed by atoms with Crippen molar-refractivity contribution in [3.63, 3.8) is 0 Å². The summed E-state index contributed by atoms with van der Waals surface area (Å²) in [7, 11) is 1.89. The van der Waals surface area contributed by atoms with Crippen LogP contribution < -0.4 is 5.32 Å². The molecule has 20 heavy (non-hydrogen) atoms. The van der Waals surface area contributed by atoms with Gasteiger partial charge in [-0.25, -0.2) is 4.98 Å². The molecule has 0 unspecified atom stereocenters. The third-order valence-electron chi connectivity index (χ3n) is 2.84. The zero-order valence-electron chi connectivity index (χ0n) is 11.0. The number of benzene rings is 1. The number of hydrogen-bond donors (Lipinski definition) is 1. The van der Waals surface area contributed by atoms with Crippen molar-refractivity contribution in [1.29, 1.82) is 0 Å². The summed E-state index contributed by atoms with van der Waals surface area (Å²) in [5.74, 6) is 0. The van der Waals surface area contributed by atoms with Gasteiger partial charge in [-0.15, -0.1) is 11.3 Å². The molecule has 0 amide bonds. The minimum Gasteiger partial charge on any atom is -0.320 e. The van der Waals surface area contributed by atoms with E-state index in [-0.39, 0.29) is 0 Å². The molecule has 108 valence electrons. The van der Waals surface area contributed by atoms with Crippen molar-refractivity contribution in [1.82, 2.24) is 10.3 Å². The van der Waals surface area contributed by atoms with Crippen molar-refractivity contribution >= 4 is 11.3 Å². The number of rotatable bonds is 5. The Bertz CT molecular complexity index is 564. The standard InChI is InChI=1S/C14H15F3N2S/c1-18-7-3-6-12-9-19-13(20-12)10-4-2-5-11(8-10)14(15,16)17/h2,4-5,8-9,18H,3,6-7H2,1H3. The van der Waals surface area contributed by atoms with Gasteiger partial charge in [-0.05, 0) is 38.6 Å². The predicted octanol–water partition coefficient (Wildman–Crippen LogP) is 3.98. The van der Waals surface area contributed by atoms with Crippen LogP contribution in [0.3, 0.4) is 0 Å². The summed E-state index contributed by atoms with van der Waals surface area (Å²) in [4.78, 5) is 5.31. The normalized spacial score (nSPS) is 11.8. The molecule has 0 bridgehead atoms. The Labute approximate surface area is 119 Å². The van der Waals surface area contributed by atoms with Crippen LogP contribution in [0.15, 0.2) is 30.5 Å². The average molecular weight is 300 g/mol. The first-order valence-corrected chi connectivity index (χ1v) is 7.09. The van der Waals surface area contributed by atoms with Crippen LogP contribution in [0.2, 0.25) is 0 Å². The third-order valence-corrected chi connectivity index (χ3v) is 3.95. The fourth-order valence-electron chi connectivity index (χ4n) is 1.82. The predicted molar refractivity (Wildman–Crippen MR) is 74.8 cm³/mol. The maximum absolute atomic E-state index is 12.7. The van der Waals surface area contributed by atoms with E-state index < -0.39 is 11.7 Å². The van der Waals surface area contributed by atoms with E-state index in [1.54, 1.807) is 12.3 Å². The summed E-state index contributed by atoms with van der Waals surface area (Å²) in [6.07, 6.45) is -0.697. The van der Waals surface area contributed by atoms with E-state index in [2.05, 4.69) is 10.3 Å². The summed E-state index contributed by atoms with van der Waals surface area (Å²) < 4.78 is 38.0. The second-order valence-electron chi connectivity index (χ2n) is 4.42. The van der Waals surface area contributed by atoms with Crippen molar-refractivity contribution in [2.45, 2.75) is 19.0 Å². The number of thiazole rings is 1. The number of aryl methyl sites for hydroxylation is 1. The topological polar surface area (TPSA) is 24.9 Å². The Hall–Kier alpha value is -1.40. The van der Waals surface area contributed by atoms with Gasteiger partial charge in [0.25, 0.3) is 0 Å². The Morgan fingerprint density at radius 2 is 2.10 bits per heavy atom. The van der Waals surface area contributed by atoms with E-state index in [1.165, 1.54) is 17.4 Å². The number of nitrogens with one attached hydrogen (secondary N) is 1. The molecule has 2 nitrogen and oxygen atoms in total. The number of alkyl halides is 3. The Morgan fingerprint density at radius 1 is 1.30 bits per heavy atom. The van der Waals surface area contributed by atoms with Gasteiger partial charge in [0.15, 0.2) is 0 Å². The molecule has 0 aliphatic heterocycles. The molecule has 1 heterocycles. The summed E-state index contributed by atoms with van der Waals surface area (Å²) in [5, 5.41) is 3.69. The lowest BCUT2D eigenvalue weighted by Gasteiger charge is -2.07. The molecule has 6 heteroatoms. The van der Waals surface area contributed by atoms with Crippen LogP contribution in [0.1, 0.15) is 16.9 Å². The molecule has 0 spiro atoms. The van der Waals surface area contributed by atoms with E-state index in [9.17, 15) is 13.2 Å². The zero-order valence-corrected chi connectivity index (χ0v) is 11.8. The second kappa shape index (κ2) is 6.37. The van der Waals surface area contributed by atoms with Gasteiger partial charge in [0.1, 0.15) is 5.01 Å². The minimum atomic E-state index is -4.32. The van der Waals surface area contributed by atoms with Gasteiger partial charge in [0.05, 0.1) is 5.56 Å². The highest BCUT2D eigenvalue weighted by Gasteiger charge is 2.30. The SMILES string of the molecule is CNCCCc1cnc(-c2cccc(C(F)(F)F)c2)s1. The summed E-state index contributed by atoms with van der Waals surface area (Å²) in [6.45, 7) is 0.913. The molecular formula is C14H15F3N2S. The van der Waals surface area contributed by atoms with E-state index in [0.29, 0.717) is 10.6 Å². The number of halogens is 3. The zero-order chi connectivity index (χ0) is 14.6. The van der Waals surface area contributed by atoms with Gasteiger partial charge in [-0.1, -0.05) is 12.1 Å². The van der Waals surface area contributed by atoms with Crippen molar-refractivity contribution in [3.8, 4) is 10.6 Å². The highest BCUT2D eigenvalue weighted by Crippen LogP contribution is 2.33. The van der Waals surface area contributed by atoms with Crippen LogP contribution >= 0.6 is 11.3 Å². The fraction of sp³-hybridized carbons (Fsp3) is 0.357. The average Bonchev–Trinajstić information content (AvgIpc) is 2.87. The highest BCUT2D eigenvalue weighted by atomic mass is 32.1. The first kappa shape index (κ1) is 15.0. The maximum Gasteiger partial charge on any atom is 0.416 e. The molecule has 1 N–H and O–H groups in total. The Balaban J connectivity index is 2.16. The van der Waals surface area contributed by atoms with E-state index in [4.69, 9.17) is 0 Å². The van der Waals surface area contributed by atoms with Gasteiger partial charge in [-0.3, -0.25) is 0 Å². The molecule has 2 rings (SSSR count). The third kappa shape index (κ3) is 3.80. The molecule has 1 aromatic carbocycles. The molecule has 0 radical (unpaired) electrons. The van der Waals surface area contributed by atoms with E-state index >= 15 is 0 Å². The molecule has 0 saturated heterocycles. The molecule has 0 aliphatic rings. The van der Waals surface area contributed by atoms with Gasteiger partial charge < -0.3 is 5.32 Å². The second-order valence-corrected chi connectivity index (χ2v) is 5.53. The quantitative estimate of drug-likeness (QED) is 0.845. The lowest BCUT2D eigenvalue weighted by atomic mass is 10.1. The van der Waals surface area contributed by atoms with Crippen LogP contribution in [-0.2, 0) is 12.6 Å². The molecule has 0 atom stereocenters. The van der Waals surface area contributed by atoms with Gasteiger partial charge in [-0.2, -0.15) is 13.2 Å². The number of nitrogens with zero attached hydrogens (tertiary/aromatic N) is 1. The lowest BCUT2D eigenvalue weighted by molar-refractivity contribution is -0.137. The molecule has 0 aliphatic carbocycles. The first-order chi connectivity index (χ1) is 9.50. The largest absolute Gasteiger partial charge is 0.416 e. The molecule has 0 fully saturated rings. The fourth-order valence-corrected chi connectivity index (χ4v) is 2.77. The summed E-state index contributed by atoms with van der Waals surface area (Å²) >= 11 is 1.45. The molecular weight excluding hydrogens is 285 g/mol. The summed E-state index contributed by atoms with van der Waals surface area (Å²) in [5.41, 5.74) is -0.119. The van der Waals surface area contributed by atoms with Crippen molar-refractivity contribution < 1.29 is 13.2 Å².